The Morgan fingerprint density at radius 3 is 2.74 bits per heavy atom. The van der Waals surface area contributed by atoms with E-state index in [4.69, 9.17) is 0 Å². The molecule has 1 aliphatic heterocycles. The van der Waals surface area contributed by atoms with Crippen LogP contribution < -0.4 is 5.32 Å². The summed E-state index contributed by atoms with van der Waals surface area (Å²) in [4.78, 5) is 14.1. The third-order valence-corrected chi connectivity index (χ3v) is 4.35. The molecule has 0 atom stereocenters. The molecule has 1 fully saturated rings. The molecule has 1 saturated heterocycles. The molecular weight excluding hydrogens is 304 g/mol. The van der Waals surface area contributed by atoms with Crippen molar-refractivity contribution < 1.29 is 4.79 Å². The summed E-state index contributed by atoms with van der Waals surface area (Å²) in [6.45, 7) is 6.47. The van der Waals surface area contributed by atoms with Crippen molar-refractivity contribution in [2.75, 3.05) is 25.0 Å². The standard InChI is InChI=1S/C15H21BrN2O/c1-11-5-7-18(8-6-11)15(19)10-17-14-4-3-12(2)9-13(14)16/h3-4,9,11,17H,5-8,10H2,1-2H3. The molecule has 1 aromatic carbocycles. The van der Waals surface area contributed by atoms with Gasteiger partial charge in [0.1, 0.15) is 0 Å². The number of hydrogen-bond acceptors (Lipinski definition) is 2. The van der Waals surface area contributed by atoms with Crippen molar-refractivity contribution in [3.05, 3.63) is 28.2 Å². The van der Waals surface area contributed by atoms with Gasteiger partial charge in [-0.1, -0.05) is 13.0 Å². The lowest BCUT2D eigenvalue weighted by Gasteiger charge is -2.30. The van der Waals surface area contributed by atoms with E-state index in [0.717, 1.165) is 42.0 Å². The Bertz CT molecular complexity index is 453. The van der Waals surface area contributed by atoms with Crippen LogP contribution >= 0.6 is 15.9 Å². The first-order valence-corrected chi connectivity index (χ1v) is 7.63. The fourth-order valence-corrected chi connectivity index (χ4v) is 2.94. The monoisotopic (exact) mass is 324 g/mol. The first kappa shape index (κ1) is 14.4. The van der Waals surface area contributed by atoms with Crippen LogP contribution in [0.15, 0.2) is 22.7 Å². The molecule has 2 rings (SSSR count). The molecule has 1 N–H and O–H groups in total. The second-order valence-corrected chi connectivity index (χ2v) is 6.25. The number of hydrogen-bond donors (Lipinski definition) is 1. The van der Waals surface area contributed by atoms with Crippen LogP contribution in [0.1, 0.15) is 25.3 Å². The number of carbonyl (C=O) groups is 1. The van der Waals surface area contributed by atoms with Crippen LogP contribution in [0, 0.1) is 12.8 Å². The minimum absolute atomic E-state index is 0.194. The SMILES string of the molecule is Cc1ccc(NCC(=O)N2CCC(C)CC2)c(Br)c1. The zero-order valence-corrected chi connectivity index (χ0v) is 13.2. The van der Waals surface area contributed by atoms with Crippen LogP contribution in [-0.4, -0.2) is 30.4 Å². The van der Waals surface area contributed by atoms with Crippen LogP contribution in [0.5, 0.6) is 0 Å². The summed E-state index contributed by atoms with van der Waals surface area (Å²) >= 11 is 3.51. The highest BCUT2D eigenvalue weighted by Crippen LogP contribution is 2.23. The first-order chi connectivity index (χ1) is 9.06. The largest absolute Gasteiger partial charge is 0.375 e. The predicted octanol–water partition coefficient (Wildman–Crippen LogP) is 3.43. The molecule has 0 saturated carbocycles. The molecule has 0 bridgehead atoms. The van der Waals surface area contributed by atoms with Gasteiger partial charge in [-0.05, 0) is 59.3 Å². The van der Waals surface area contributed by atoms with Gasteiger partial charge < -0.3 is 10.2 Å². The van der Waals surface area contributed by atoms with Gasteiger partial charge in [0.05, 0.1) is 6.54 Å². The zero-order valence-electron chi connectivity index (χ0n) is 11.6. The molecule has 3 nitrogen and oxygen atoms in total. The lowest BCUT2D eigenvalue weighted by Crippen LogP contribution is -2.40. The maximum atomic E-state index is 12.1. The Hall–Kier alpha value is -1.03. The normalized spacial score (nSPS) is 16.5. The van der Waals surface area contributed by atoms with E-state index in [1.165, 1.54) is 5.56 Å². The van der Waals surface area contributed by atoms with Gasteiger partial charge in [0.15, 0.2) is 0 Å². The number of anilines is 1. The maximum Gasteiger partial charge on any atom is 0.241 e. The van der Waals surface area contributed by atoms with E-state index in [1.807, 2.05) is 17.0 Å². The van der Waals surface area contributed by atoms with Gasteiger partial charge in [0, 0.05) is 23.2 Å². The summed E-state index contributed by atoms with van der Waals surface area (Å²) in [5.74, 6) is 0.947. The average Bonchev–Trinajstić information content (AvgIpc) is 2.38. The van der Waals surface area contributed by atoms with Crippen molar-refractivity contribution >= 4 is 27.5 Å². The van der Waals surface area contributed by atoms with Crippen LogP contribution in [0.4, 0.5) is 5.69 Å². The first-order valence-electron chi connectivity index (χ1n) is 6.84. The van der Waals surface area contributed by atoms with Gasteiger partial charge in [-0.15, -0.1) is 0 Å². The van der Waals surface area contributed by atoms with Gasteiger partial charge in [-0.25, -0.2) is 0 Å². The number of benzene rings is 1. The third-order valence-electron chi connectivity index (χ3n) is 3.69. The molecule has 1 amide bonds. The molecular formula is C15H21BrN2O. The number of piperidine rings is 1. The Morgan fingerprint density at radius 2 is 2.11 bits per heavy atom. The van der Waals surface area contributed by atoms with Crippen LogP contribution in [-0.2, 0) is 4.79 Å². The number of nitrogens with zero attached hydrogens (tertiary/aromatic N) is 1. The van der Waals surface area contributed by atoms with E-state index in [2.05, 4.69) is 41.2 Å². The number of aryl methyl sites for hydroxylation is 1. The van der Waals surface area contributed by atoms with E-state index in [0.29, 0.717) is 6.54 Å². The zero-order chi connectivity index (χ0) is 13.8. The van der Waals surface area contributed by atoms with E-state index < -0.39 is 0 Å². The van der Waals surface area contributed by atoms with Crippen molar-refractivity contribution in [1.29, 1.82) is 0 Å². The number of halogens is 1. The van der Waals surface area contributed by atoms with Gasteiger partial charge in [0.25, 0.3) is 0 Å². The molecule has 104 valence electrons. The fraction of sp³-hybridized carbons (Fsp3) is 0.533. The minimum Gasteiger partial charge on any atom is -0.375 e. The quantitative estimate of drug-likeness (QED) is 0.923. The Labute approximate surface area is 123 Å². The Kier molecular flexibility index (Phi) is 4.86. The molecule has 0 aliphatic carbocycles. The van der Waals surface area contributed by atoms with E-state index in [-0.39, 0.29) is 5.91 Å². The van der Waals surface area contributed by atoms with Gasteiger partial charge in [0.2, 0.25) is 5.91 Å². The highest BCUT2D eigenvalue weighted by molar-refractivity contribution is 9.10. The molecule has 0 spiro atoms. The topological polar surface area (TPSA) is 32.3 Å². The predicted molar refractivity (Wildman–Crippen MR) is 82.3 cm³/mol. The summed E-state index contributed by atoms with van der Waals surface area (Å²) in [5, 5.41) is 3.21. The molecule has 0 radical (unpaired) electrons. The summed E-state index contributed by atoms with van der Waals surface area (Å²) in [5.41, 5.74) is 2.18. The van der Waals surface area contributed by atoms with Crippen LogP contribution in [0.25, 0.3) is 0 Å². The molecule has 0 aromatic heterocycles. The van der Waals surface area contributed by atoms with Crippen molar-refractivity contribution in [3.63, 3.8) is 0 Å². The number of amides is 1. The van der Waals surface area contributed by atoms with Crippen molar-refractivity contribution in [1.82, 2.24) is 4.90 Å². The molecule has 1 aromatic rings. The number of likely N-dealkylation sites (tertiary alicyclic amines) is 1. The summed E-state index contributed by atoms with van der Waals surface area (Å²) < 4.78 is 1.01. The van der Waals surface area contributed by atoms with E-state index in [9.17, 15) is 4.79 Å². The van der Waals surface area contributed by atoms with Crippen LogP contribution in [0.3, 0.4) is 0 Å². The minimum atomic E-state index is 0.194. The van der Waals surface area contributed by atoms with Gasteiger partial charge >= 0.3 is 0 Å². The second-order valence-electron chi connectivity index (χ2n) is 5.40. The number of nitrogens with one attached hydrogen (secondary N) is 1. The summed E-state index contributed by atoms with van der Waals surface area (Å²) in [6, 6.07) is 6.10. The molecule has 4 heteroatoms. The average molecular weight is 325 g/mol. The fourth-order valence-electron chi connectivity index (χ4n) is 2.30. The Morgan fingerprint density at radius 1 is 1.42 bits per heavy atom. The maximum absolute atomic E-state index is 12.1. The van der Waals surface area contributed by atoms with Crippen LogP contribution in [0.2, 0.25) is 0 Å². The van der Waals surface area contributed by atoms with E-state index >= 15 is 0 Å². The van der Waals surface area contributed by atoms with Gasteiger partial charge in [-0.2, -0.15) is 0 Å². The smallest absolute Gasteiger partial charge is 0.241 e. The number of rotatable bonds is 3. The Balaban J connectivity index is 1.86. The summed E-state index contributed by atoms with van der Waals surface area (Å²) in [7, 11) is 0. The van der Waals surface area contributed by atoms with Gasteiger partial charge in [-0.3, -0.25) is 4.79 Å². The molecule has 1 aliphatic rings. The van der Waals surface area contributed by atoms with Crippen molar-refractivity contribution in [3.8, 4) is 0 Å². The lowest BCUT2D eigenvalue weighted by molar-refractivity contribution is -0.130. The second kappa shape index (κ2) is 6.42. The third kappa shape index (κ3) is 3.96. The van der Waals surface area contributed by atoms with Crippen molar-refractivity contribution in [2.24, 2.45) is 5.92 Å². The number of carbonyl (C=O) groups excluding carboxylic acids is 1. The molecule has 0 unspecified atom stereocenters. The molecule has 1 heterocycles. The lowest BCUT2D eigenvalue weighted by atomic mass is 9.99. The highest BCUT2D eigenvalue weighted by atomic mass is 79.9. The van der Waals surface area contributed by atoms with E-state index in [1.54, 1.807) is 0 Å². The molecule has 19 heavy (non-hydrogen) atoms. The highest BCUT2D eigenvalue weighted by Gasteiger charge is 2.19. The summed E-state index contributed by atoms with van der Waals surface area (Å²) in [6.07, 6.45) is 2.25. The van der Waals surface area contributed by atoms with Crippen molar-refractivity contribution in [2.45, 2.75) is 26.7 Å².